The van der Waals surface area contributed by atoms with Gasteiger partial charge in [-0.15, -0.1) is 0 Å². The molecule has 0 heterocycles. The third kappa shape index (κ3) is 3.76. The summed E-state index contributed by atoms with van der Waals surface area (Å²) < 4.78 is 36.9. The number of rotatable bonds is 5. The van der Waals surface area contributed by atoms with Gasteiger partial charge in [0.15, 0.2) is 11.6 Å². The normalized spacial score (nSPS) is 12.2. The van der Waals surface area contributed by atoms with Crippen LogP contribution in [-0.2, 0) is 10.8 Å². The fraction of sp³-hybridized carbons (Fsp3) is 0.364. The van der Waals surface area contributed by atoms with Gasteiger partial charge in [0.2, 0.25) is 0 Å². The van der Waals surface area contributed by atoms with Crippen LogP contribution in [0.1, 0.15) is 17.3 Å². The first-order chi connectivity index (χ1) is 8.45. The second-order valence-corrected chi connectivity index (χ2v) is 5.41. The summed E-state index contributed by atoms with van der Waals surface area (Å²) in [6.45, 7) is 1.96. The van der Waals surface area contributed by atoms with E-state index >= 15 is 0 Å². The molecule has 0 aromatic heterocycles. The molecule has 7 heteroatoms. The van der Waals surface area contributed by atoms with Crippen molar-refractivity contribution in [3.05, 3.63) is 29.3 Å². The Hall–Kier alpha value is -1.50. The maximum absolute atomic E-state index is 13.0. The molecule has 0 saturated heterocycles. The van der Waals surface area contributed by atoms with Gasteiger partial charge in [0, 0.05) is 40.6 Å². The van der Waals surface area contributed by atoms with E-state index in [1.807, 2.05) is 0 Å². The van der Waals surface area contributed by atoms with Gasteiger partial charge in [0.25, 0.3) is 5.91 Å². The Bertz CT molecular complexity index is 480. The third-order valence-electron chi connectivity index (χ3n) is 2.27. The van der Waals surface area contributed by atoms with E-state index in [0.29, 0.717) is 11.5 Å². The number of carbonyl (C=O) groups is 1. The summed E-state index contributed by atoms with van der Waals surface area (Å²) in [6, 6.07) is 1.51. The van der Waals surface area contributed by atoms with Crippen molar-refractivity contribution < 1.29 is 17.8 Å². The lowest BCUT2D eigenvalue weighted by Crippen LogP contribution is -2.28. The summed E-state index contributed by atoms with van der Waals surface area (Å²) in [4.78, 5) is 11.6. The molecule has 0 bridgehead atoms. The lowest BCUT2D eigenvalue weighted by molar-refractivity contribution is 0.0956. The number of nitrogens with two attached hydrogens (primary N) is 1. The van der Waals surface area contributed by atoms with Gasteiger partial charge in [-0.05, 0) is 6.07 Å². The average molecular weight is 276 g/mol. The number of anilines is 1. The minimum absolute atomic E-state index is 0.129. The van der Waals surface area contributed by atoms with E-state index in [2.05, 4.69) is 5.32 Å². The Morgan fingerprint density at radius 3 is 2.61 bits per heavy atom. The van der Waals surface area contributed by atoms with Gasteiger partial charge in [0.05, 0.1) is 5.56 Å². The second kappa shape index (κ2) is 6.44. The van der Waals surface area contributed by atoms with Gasteiger partial charge in [0.1, 0.15) is 0 Å². The highest BCUT2D eigenvalue weighted by molar-refractivity contribution is 7.84. The smallest absolute Gasteiger partial charge is 0.253 e. The zero-order chi connectivity index (χ0) is 13.7. The first-order valence-corrected chi connectivity index (χ1v) is 6.82. The lowest BCUT2D eigenvalue weighted by Gasteiger charge is -2.07. The van der Waals surface area contributed by atoms with E-state index < -0.39 is 28.3 Å². The summed E-state index contributed by atoms with van der Waals surface area (Å²) in [7, 11) is -0.993. The molecule has 3 N–H and O–H groups in total. The molecule has 1 amide bonds. The van der Waals surface area contributed by atoms with Crippen LogP contribution in [0.2, 0.25) is 0 Å². The van der Waals surface area contributed by atoms with E-state index in [4.69, 9.17) is 5.73 Å². The van der Waals surface area contributed by atoms with Gasteiger partial charge in [-0.25, -0.2) is 8.78 Å². The largest absolute Gasteiger partial charge is 0.398 e. The summed E-state index contributed by atoms with van der Waals surface area (Å²) in [5, 5.41) is 2.45. The van der Waals surface area contributed by atoms with Gasteiger partial charge in [-0.3, -0.25) is 9.00 Å². The molecule has 0 aliphatic heterocycles. The molecule has 1 rings (SSSR count). The van der Waals surface area contributed by atoms with Crippen molar-refractivity contribution in [2.24, 2.45) is 0 Å². The Balaban J connectivity index is 2.67. The molecule has 100 valence electrons. The number of halogens is 2. The van der Waals surface area contributed by atoms with Crippen molar-refractivity contribution in [3.8, 4) is 0 Å². The summed E-state index contributed by atoms with van der Waals surface area (Å²) >= 11 is 0. The van der Waals surface area contributed by atoms with E-state index in [1.165, 1.54) is 0 Å². The van der Waals surface area contributed by atoms with E-state index in [0.717, 1.165) is 12.1 Å². The minimum Gasteiger partial charge on any atom is -0.398 e. The van der Waals surface area contributed by atoms with Crippen LogP contribution < -0.4 is 11.1 Å². The highest BCUT2D eigenvalue weighted by atomic mass is 32.2. The van der Waals surface area contributed by atoms with Crippen molar-refractivity contribution in [3.63, 3.8) is 0 Å². The maximum Gasteiger partial charge on any atom is 0.253 e. The number of carbonyl (C=O) groups excluding carboxylic acids is 1. The topological polar surface area (TPSA) is 72.2 Å². The van der Waals surface area contributed by atoms with E-state index in [9.17, 15) is 17.8 Å². The van der Waals surface area contributed by atoms with Gasteiger partial charge in [-0.2, -0.15) is 0 Å². The van der Waals surface area contributed by atoms with Crippen LogP contribution in [0.15, 0.2) is 12.1 Å². The van der Waals surface area contributed by atoms with Gasteiger partial charge >= 0.3 is 0 Å². The molecule has 0 radical (unpaired) electrons. The Labute approximate surface area is 106 Å². The second-order valence-electron chi connectivity index (χ2n) is 3.54. The molecule has 0 fully saturated rings. The molecule has 0 spiro atoms. The van der Waals surface area contributed by atoms with Crippen molar-refractivity contribution in [1.29, 1.82) is 0 Å². The Morgan fingerprint density at radius 2 is 2.00 bits per heavy atom. The zero-order valence-corrected chi connectivity index (χ0v) is 10.7. The number of hydrogen-bond donors (Lipinski definition) is 2. The molecule has 0 aliphatic rings. The number of benzene rings is 1. The van der Waals surface area contributed by atoms with Crippen LogP contribution in [0, 0.1) is 11.6 Å². The molecule has 4 nitrogen and oxygen atoms in total. The number of nitrogen functional groups attached to an aromatic ring is 1. The van der Waals surface area contributed by atoms with Crippen LogP contribution in [0.3, 0.4) is 0 Å². The molecule has 0 saturated carbocycles. The first kappa shape index (κ1) is 14.6. The SMILES string of the molecule is CCS(=O)CCNC(=O)c1cc(F)c(F)cc1N. The quantitative estimate of drug-likeness (QED) is 0.789. The molecule has 1 aromatic carbocycles. The fourth-order valence-electron chi connectivity index (χ4n) is 1.28. The first-order valence-electron chi connectivity index (χ1n) is 5.33. The van der Waals surface area contributed by atoms with Crippen molar-refractivity contribution in [1.82, 2.24) is 5.32 Å². The Kier molecular flexibility index (Phi) is 5.21. The standard InChI is InChI=1S/C11H14F2N2O2S/c1-2-18(17)4-3-15-11(16)7-5-8(12)9(13)6-10(7)14/h5-6H,2-4,14H2,1H3,(H,15,16). The molecular weight excluding hydrogens is 262 g/mol. The number of nitrogens with one attached hydrogen (secondary N) is 1. The molecule has 18 heavy (non-hydrogen) atoms. The van der Waals surface area contributed by atoms with Crippen LogP contribution >= 0.6 is 0 Å². The number of hydrogen-bond acceptors (Lipinski definition) is 3. The van der Waals surface area contributed by atoms with E-state index in [1.54, 1.807) is 6.92 Å². The van der Waals surface area contributed by atoms with Crippen LogP contribution in [0.25, 0.3) is 0 Å². The van der Waals surface area contributed by atoms with Crippen molar-refractivity contribution >= 4 is 22.4 Å². The number of amides is 1. The van der Waals surface area contributed by atoms with Gasteiger partial charge in [-0.1, -0.05) is 6.92 Å². The predicted octanol–water partition coefficient (Wildman–Crippen LogP) is 1.05. The maximum atomic E-state index is 13.0. The summed E-state index contributed by atoms with van der Waals surface area (Å²) in [6.07, 6.45) is 0. The van der Waals surface area contributed by atoms with Crippen LogP contribution in [0.4, 0.5) is 14.5 Å². The summed E-state index contributed by atoms with van der Waals surface area (Å²) in [5.74, 6) is -2.03. The lowest BCUT2D eigenvalue weighted by atomic mass is 10.1. The van der Waals surface area contributed by atoms with Crippen LogP contribution in [0.5, 0.6) is 0 Å². The highest BCUT2D eigenvalue weighted by Gasteiger charge is 2.14. The Morgan fingerprint density at radius 1 is 1.39 bits per heavy atom. The predicted molar refractivity (Wildman–Crippen MR) is 66.7 cm³/mol. The third-order valence-corrected chi connectivity index (χ3v) is 3.58. The van der Waals surface area contributed by atoms with Crippen molar-refractivity contribution in [2.45, 2.75) is 6.92 Å². The molecule has 1 atom stereocenters. The molecular formula is C11H14F2N2O2S. The van der Waals surface area contributed by atoms with Crippen molar-refractivity contribution in [2.75, 3.05) is 23.8 Å². The van der Waals surface area contributed by atoms with Gasteiger partial charge < -0.3 is 11.1 Å². The fourth-order valence-corrected chi connectivity index (χ4v) is 1.90. The highest BCUT2D eigenvalue weighted by Crippen LogP contribution is 2.16. The minimum atomic E-state index is -1.13. The monoisotopic (exact) mass is 276 g/mol. The average Bonchev–Trinajstić information content (AvgIpc) is 2.33. The summed E-state index contributed by atoms with van der Waals surface area (Å²) in [5.41, 5.74) is 5.16. The van der Waals surface area contributed by atoms with Crippen LogP contribution in [-0.4, -0.2) is 28.2 Å². The molecule has 1 unspecified atom stereocenters. The molecule has 0 aliphatic carbocycles. The molecule has 1 aromatic rings. The van der Waals surface area contributed by atoms with E-state index in [-0.39, 0.29) is 17.8 Å². The zero-order valence-electron chi connectivity index (χ0n) is 9.83.